The Hall–Kier alpha value is -0.950. The summed E-state index contributed by atoms with van der Waals surface area (Å²) in [6.07, 6.45) is 2.27. The maximum atomic E-state index is 12.0. The molecule has 1 aromatic carbocycles. The Labute approximate surface area is 140 Å². The van der Waals surface area contributed by atoms with Crippen LogP contribution in [-0.2, 0) is 10.0 Å². The Morgan fingerprint density at radius 3 is 2.43 bits per heavy atom. The fourth-order valence-corrected chi connectivity index (χ4v) is 3.88. The molecular weight excluding hydrogens is 310 g/mol. The predicted molar refractivity (Wildman–Crippen MR) is 94.9 cm³/mol. The van der Waals surface area contributed by atoms with Crippen LogP contribution in [0.3, 0.4) is 0 Å². The van der Waals surface area contributed by atoms with Gasteiger partial charge in [-0.05, 0) is 52.5 Å². The first-order valence-electron chi connectivity index (χ1n) is 8.35. The number of hydrogen-bond donors (Lipinski definition) is 1. The zero-order valence-corrected chi connectivity index (χ0v) is 15.2. The van der Waals surface area contributed by atoms with E-state index in [1.165, 1.54) is 0 Å². The molecule has 6 heteroatoms. The van der Waals surface area contributed by atoms with E-state index in [2.05, 4.69) is 28.6 Å². The standard InChI is InChI=1S/C17H29N3O2S/c1-4-23(21,22)18-17(15-8-6-5-7-9-15)14-20(3)16-10-12-19(2)13-11-16/h5-9,16-18H,4,10-14H2,1-3H3. The zero-order valence-electron chi connectivity index (χ0n) is 14.4. The Kier molecular flexibility index (Phi) is 6.59. The average molecular weight is 340 g/mol. The summed E-state index contributed by atoms with van der Waals surface area (Å²) in [4.78, 5) is 4.65. The van der Waals surface area contributed by atoms with Crippen molar-refractivity contribution in [3.05, 3.63) is 35.9 Å². The van der Waals surface area contributed by atoms with Crippen LogP contribution in [-0.4, -0.2) is 63.7 Å². The van der Waals surface area contributed by atoms with Gasteiger partial charge in [-0.15, -0.1) is 0 Å². The lowest BCUT2D eigenvalue weighted by atomic mass is 10.0. The minimum Gasteiger partial charge on any atom is -0.306 e. The van der Waals surface area contributed by atoms with E-state index in [-0.39, 0.29) is 11.8 Å². The Morgan fingerprint density at radius 2 is 1.87 bits per heavy atom. The molecule has 0 spiro atoms. The molecule has 1 fully saturated rings. The van der Waals surface area contributed by atoms with Gasteiger partial charge in [0.1, 0.15) is 0 Å². The maximum absolute atomic E-state index is 12.0. The van der Waals surface area contributed by atoms with Crippen LogP contribution in [0.2, 0.25) is 0 Å². The Balaban J connectivity index is 2.08. The van der Waals surface area contributed by atoms with Gasteiger partial charge in [-0.1, -0.05) is 30.3 Å². The minimum absolute atomic E-state index is 0.105. The second-order valence-corrected chi connectivity index (χ2v) is 8.50. The second-order valence-electron chi connectivity index (χ2n) is 6.46. The largest absolute Gasteiger partial charge is 0.306 e. The maximum Gasteiger partial charge on any atom is 0.211 e. The first-order valence-corrected chi connectivity index (χ1v) is 10.00. The summed E-state index contributed by atoms with van der Waals surface area (Å²) in [5.41, 5.74) is 1.02. The van der Waals surface area contributed by atoms with Gasteiger partial charge in [0.15, 0.2) is 0 Å². The lowest BCUT2D eigenvalue weighted by Crippen LogP contribution is -2.45. The van der Waals surface area contributed by atoms with Crippen molar-refractivity contribution < 1.29 is 8.42 Å². The van der Waals surface area contributed by atoms with Gasteiger partial charge in [0.2, 0.25) is 10.0 Å². The molecule has 2 rings (SSSR count). The summed E-state index contributed by atoms with van der Waals surface area (Å²) in [5.74, 6) is 0.105. The van der Waals surface area contributed by atoms with Crippen LogP contribution >= 0.6 is 0 Å². The van der Waals surface area contributed by atoms with Gasteiger partial charge in [0, 0.05) is 12.6 Å². The van der Waals surface area contributed by atoms with Crippen LogP contribution in [0.5, 0.6) is 0 Å². The van der Waals surface area contributed by atoms with Crippen LogP contribution in [0.25, 0.3) is 0 Å². The molecule has 0 aliphatic carbocycles. The van der Waals surface area contributed by atoms with Crippen molar-refractivity contribution >= 4 is 10.0 Å². The van der Waals surface area contributed by atoms with Crippen LogP contribution in [0.1, 0.15) is 31.4 Å². The van der Waals surface area contributed by atoms with Gasteiger partial charge < -0.3 is 9.80 Å². The third kappa shape index (κ3) is 5.57. The SMILES string of the molecule is CCS(=O)(=O)NC(CN(C)C1CCN(C)CC1)c1ccccc1. The Morgan fingerprint density at radius 1 is 1.26 bits per heavy atom. The molecule has 1 saturated heterocycles. The predicted octanol–water partition coefficient (Wildman–Crippen LogP) is 1.69. The molecular formula is C17H29N3O2S. The number of nitrogens with zero attached hydrogens (tertiary/aromatic N) is 2. The van der Waals surface area contributed by atoms with Gasteiger partial charge in [0.25, 0.3) is 0 Å². The molecule has 0 amide bonds. The quantitative estimate of drug-likeness (QED) is 0.821. The number of nitrogens with one attached hydrogen (secondary N) is 1. The number of piperidine rings is 1. The highest BCUT2D eigenvalue weighted by Gasteiger charge is 2.25. The molecule has 1 aliphatic heterocycles. The molecule has 23 heavy (non-hydrogen) atoms. The summed E-state index contributed by atoms with van der Waals surface area (Å²) in [5, 5.41) is 0. The third-order valence-corrected chi connectivity index (χ3v) is 6.09. The molecule has 1 aromatic rings. The number of likely N-dealkylation sites (tertiary alicyclic amines) is 1. The highest BCUT2D eigenvalue weighted by molar-refractivity contribution is 7.89. The molecule has 1 heterocycles. The van der Waals surface area contributed by atoms with E-state index in [0.717, 1.165) is 31.5 Å². The van der Waals surface area contributed by atoms with E-state index in [4.69, 9.17) is 0 Å². The van der Waals surface area contributed by atoms with E-state index in [1.54, 1.807) is 6.92 Å². The normalized spacial score (nSPS) is 19.1. The molecule has 0 saturated carbocycles. The second kappa shape index (κ2) is 8.24. The summed E-state index contributed by atoms with van der Waals surface area (Å²) in [7, 11) is 1.02. The first kappa shape index (κ1) is 18.4. The van der Waals surface area contributed by atoms with E-state index in [0.29, 0.717) is 12.6 Å². The Bertz CT molecular complexity index is 569. The van der Waals surface area contributed by atoms with E-state index >= 15 is 0 Å². The smallest absolute Gasteiger partial charge is 0.211 e. The summed E-state index contributed by atoms with van der Waals surface area (Å²) in [6.45, 7) is 4.57. The summed E-state index contributed by atoms with van der Waals surface area (Å²) >= 11 is 0. The molecule has 0 aromatic heterocycles. The lowest BCUT2D eigenvalue weighted by Gasteiger charge is -2.37. The van der Waals surface area contributed by atoms with Gasteiger partial charge >= 0.3 is 0 Å². The summed E-state index contributed by atoms with van der Waals surface area (Å²) in [6, 6.07) is 10.2. The number of likely N-dealkylation sites (N-methyl/N-ethyl adjacent to an activating group) is 1. The first-order chi connectivity index (χ1) is 10.9. The monoisotopic (exact) mass is 339 g/mol. The highest BCUT2D eigenvalue weighted by Crippen LogP contribution is 2.20. The van der Waals surface area contributed by atoms with Crippen molar-refractivity contribution in [3.8, 4) is 0 Å². The minimum atomic E-state index is -3.24. The number of rotatable bonds is 7. The number of hydrogen-bond acceptors (Lipinski definition) is 4. The topological polar surface area (TPSA) is 52.7 Å². The van der Waals surface area contributed by atoms with Gasteiger partial charge in [-0.2, -0.15) is 0 Å². The van der Waals surface area contributed by atoms with E-state index < -0.39 is 10.0 Å². The zero-order chi connectivity index (χ0) is 16.9. The van der Waals surface area contributed by atoms with E-state index in [1.807, 2.05) is 30.3 Å². The average Bonchev–Trinajstić information content (AvgIpc) is 2.55. The van der Waals surface area contributed by atoms with Crippen molar-refractivity contribution in [3.63, 3.8) is 0 Å². The van der Waals surface area contributed by atoms with Crippen molar-refractivity contribution in [2.24, 2.45) is 0 Å². The molecule has 1 N–H and O–H groups in total. The third-order valence-electron chi connectivity index (χ3n) is 4.69. The molecule has 0 radical (unpaired) electrons. The number of sulfonamides is 1. The van der Waals surface area contributed by atoms with Crippen LogP contribution in [0.4, 0.5) is 0 Å². The van der Waals surface area contributed by atoms with Gasteiger partial charge in [-0.25, -0.2) is 13.1 Å². The van der Waals surface area contributed by atoms with Crippen molar-refractivity contribution in [2.45, 2.75) is 31.8 Å². The van der Waals surface area contributed by atoms with Gasteiger partial charge in [0.05, 0.1) is 11.8 Å². The van der Waals surface area contributed by atoms with Crippen molar-refractivity contribution in [1.29, 1.82) is 0 Å². The fourth-order valence-electron chi connectivity index (χ4n) is 3.07. The molecule has 1 atom stereocenters. The summed E-state index contributed by atoms with van der Waals surface area (Å²) < 4.78 is 27.0. The molecule has 0 bridgehead atoms. The van der Waals surface area contributed by atoms with Crippen molar-refractivity contribution in [1.82, 2.24) is 14.5 Å². The van der Waals surface area contributed by atoms with Crippen LogP contribution in [0, 0.1) is 0 Å². The van der Waals surface area contributed by atoms with Crippen LogP contribution < -0.4 is 4.72 Å². The molecule has 130 valence electrons. The molecule has 1 aliphatic rings. The fraction of sp³-hybridized carbons (Fsp3) is 0.647. The van der Waals surface area contributed by atoms with E-state index in [9.17, 15) is 8.42 Å². The highest BCUT2D eigenvalue weighted by atomic mass is 32.2. The molecule has 1 unspecified atom stereocenters. The van der Waals surface area contributed by atoms with Crippen LogP contribution in [0.15, 0.2) is 30.3 Å². The van der Waals surface area contributed by atoms with Crippen molar-refractivity contribution in [2.75, 3.05) is 39.5 Å². The van der Waals surface area contributed by atoms with Gasteiger partial charge in [-0.3, -0.25) is 0 Å². The number of benzene rings is 1. The lowest BCUT2D eigenvalue weighted by molar-refractivity contribution is 0.137. The molecule has 5 nitrogen and oxygen atoms in total.